The maximum absolute atomic E-state index is 12.8. The molecule has 1 aromatic heterocycles. The first-order valence-electron chi connectivity index (χ1n) is 6.99. The molecule has 7 heteroatoms. The summed E-state index contributed by atoms with van der Waals surface area (Å²) in [7, 11) is 0. The molecule has 0 unspecified atom stereocenters. The quantitative estimate of drug-likeness (QED) is 0.873. The van der Waals surface area contributed by atoms with Crippen LogP contribution in [0.25, 0.3) is 0 Å². The number of carboxylic acid groups (broad SMARTS) is 1. The van der Waals surface area contributed by atoms with Crippen LogP contribution in [0.3, 0.4) is 0 Å². The van der Waals surface area contributed by atoms with Crippen molar-refractivity contribution in [2.45, 2.75) is 32.4 Å². The summed E-state index contributed by atoms with van der Waals surface area (Å²) >= 11 is 3.36. The number of aryl methyl sites for hydroxylation is 1. The number of amides is 1. The Morgan fingerprint density at radius 2 is 2.14 bits per heavy atom. The van der Waals surface area contributed by atoms with Crippen molar-refractivity contribution < 1.29 is 19.4 Å². The highest BCUT2D eigenvalue weighted by Crippen LogP contribution is 2.21. The van der Waals surface area contributed by atoms with Gasteiger partial charge in [-0.1, -0.05) is 0 Å². The molecule has 1 fully saturated rings. The third kappa shape index (κ3) is 3.85. The molecule has 1 aliphatic heterocycles. The average Bonchev–Trinajstić information content (AvgIpc) is 2.86. The van der Waals surface area contributed by atoms with E-state index in [1.54, 1.807) is 6.07 Å². The van der Waals surface area contributed by atoms with E-state index >= 15 is 0 Å². The summed E-state index contributed by atoms with van der Waals surface area (Å²) in [5, 5.41) is 9.10. The van der Waals surface area contributed by atoms with Crippen LogP contribution in [-0.4, -0.2) is 52.3 Å². The number of aliphatic carboxylic acids is 1. The fraction of sp³-hybridized carbons (Fsp3) is 0.571. The lowest BCUT2D eigenvalue weighted by atomic mass is 10.1. The molecule has 0 atom stereocenters. The Kier molecular flexibility index (Phi) is 5.41. The second-order valence-electron chi connectivity index (χ2n) is 5.00. The van der Waals surface area contributed by atoms with Crippen LogP contribution in [0.15, 0.2) is 16.7 Å². The third-order valence-corrected chi connectivity index (χ3v) is 4.05. The Labute approximate surface area is 131 Å². The summed E-state index contributed by atoms with van der Waals surface area (Å²) in [6, 6.07) is 1.65. The highest BCUT2D eigenvalue weighted by Gasteiger charge is 2.29. The molecule has 0 saturated carbocycles. The number of ether oxygens (including phenoxy) is 1. The molecule has 1 aromatic rings. The molecule has 1 N–H and O–H groups in total. The number of hydrogen-bond donors (Lipinski definition) is 1. The number of hydrogen-bond acceptors (Lipinski definition) is 3. The normalized spacial score (nSPS) is 15.9. The number of rotatable bonds is 5. The van der Waals surface area contributed by atoms with Gasteiger partial charge in [0, 0.05) is 36.5 Å². The van der Waals surface area contributed by atoms with Gasteiger partial charge in [-0.05, 0) is 41.8 Å². The minimum absolute atomic E-state index is 0.0821. The fourth-order valence-corrected chi connectivity index (χ4v) is 3.04. The summed E-state index contributed by atoms with van der Waals surface area (Å²) in [6.45, 7) is 3.44. The Hall–Kier alpha value is -1.34. The van der Waals surface area contributed by atoms with Gasteiger partial charge in [0.15, 0.2) is 0 Å². The molecule has 0 aliphatic carbocycles. The van der Waals surface area contributed by atoms with Crippen LogP contribution in [0.4, 0.5) is 0 Å². The Morgan fingerprint density at radius 1 is 1.48 bits per heavy atom. The monoisotopic (exact) mass is 358 g/mol. The zero-order chi connectivity index (χ0) is 15.4. The number of carbonyl (C=O) groups excluding carboxylic acids is 1. The predicted molar refractivity (Wildman–Crippen MR) is 80.3 cm³/mol. The minimum Gasteiger partial charge on any atom is -0.480 e. The van der Waals surface area contributed by atoms with Crippen molar-refractivity contribution in [1.29, 1.82) is 0 Å². The Bertz CT molecular complexity index is 523. The van der Waals surface area contributed by atoms with Gasteiger partial charge in [0.2, 0.25) is 0 Å². The molecule has 0 spiro atoms. The Morgan fingerprint density at radius 3 is 2.71 bits per heavy atom. The predicted octanol–water partition coefficient (Wildman–Crippen LogP) is 1.98. The average molecular weight is 359 g/mol. The lowest BCUT2D eigenvalue weighted by molar-refractivity contribution is -0.138. The lowest BCUT2D eigenvalue weighted by Crippen LogP contribution is -2.46. The van der Waals surface area contributed by atoms with Crippen LogP contribution in [-0.2, 0) is 16.1 Å². The first-order valence-corrected chi connectivity index (χ1v) is 7.78. The van der Waals surface area contributed by atoms with Gasteiger partial charge in [-0.3, -0.25) is 9.59 Å². The molecule has 6 nitrogen and oxygen atoms in total. The van der Waals surface area contributed by atoms with Crippen molar-refractivity contribution in [1.82, 2.24) is 9.47 Å². The van der Waals surface area contributed by atoms with E-state index in [-0.39, 0.29) is 18.5 Å². The smallest absolute Gasteiger partial charge is 0.323 e. The maximum atomic E-state index is 12.8. The molecule has 1 amide bonds. The van der Waals surface area contributed by atoms with Crippen molar-refractivity contribution >= 4 is 27.8 Å². The number of nitrogens with zero attached hydrogens (tertiary/aromatic N) is 2. The van der Waals surface area contributed by atoms with Gasteiger partial charge in [-0.2, -0.15) is 0 Å². The largest absolute Gasteiger partial charge is 0.480 e. The second-order valence-corrected chi connectivity index (χ2v) is 5.92. The summed E-state index contributed by atoms with van der Waals surface area (Å²) < 4.78 is 7.93. The van der Waals surface area contributed by atoms with Crippen molar-refractivity contribution in [2.75, 3.05) is 19.8 Å². The van der Waals surface area contributed by atoms with Gasteiger partial charge in [0.25, 0.3) is 5.91 Å². The van der Waals surface area contributed by atoms with Gasteiger partial charge in [-0.15, -0.1) is 0 Å². The van der Waals surface area contributed by atoms with Crippen LogP contribution in [0.2, 0.25) is 0 Å². The molecule has 2 rings (SSSR count). The van der Waals surface area contributed by atoms with Gasteiger partial charge in [-0.25, -0.2) is 0 Å². The standard InChI is InChI=1S/C14H19BrN2O4/c1-2-16-8-10(15)7-12(16)14(20)17(9-13(18)19)11-3-5-21-6-4-11/h7-8,11H,2-6,9H2,1H3,(H,18,19). The van der Waals surface area contributed by atoms with Crippen LogP contribution < -0.4 is 0 Å². The van der Waals surface area contributed by atoms with Crippen molar-refractivity contribution in [2.24, 2.45) is 0 Å². The van der Waals surface area contributed by atoms with Crippen molar-refractivity contribution in [3.8, 4) is 0 Å². The third-order valence-electron chi connectivity index (χ3n) is 3.62. The number of carboxylic acids is 1. The molecule has 21 heavy (non-hydrogen) atoms. The Balaban J connectivity index is 2.26. The van der Waals surface area contributed by atoms with Gasteiger partial charge in [0.05, 0.1) is 0 Å². The van der Waals surface area contributed by atoms with E-state index in [0.717, 1.165) is 4.47 Å². The first-order chi connectivity index (χ1) is 10.0. The molecule has 1 saturated heterocycles. The molecule has 0 bridgehead atoms. The molecule has 1 aliphatic rings. The highest BCUT2D eigenvalue weighted by atomic mass is 79.9. The SMILES string of the molecule is CCn1cc(Br)cc1C(=O)N(CC(=O)O)C1CCOCC1. The second kappa shape index (κ2) is 7.09. The van der Waals surface area contributed by atoms with Gasteiger partial charge in [0.1, 0.15) is 12.2 Å². The molecule has 116 valence electrons. The molecule has 0 aromatic carbocycles. The van der Waals surface area contributed by atoms with Crippen LogP contribution >= 0.6 is 15.9 Å². The van der Waals surface area contributed by atoms with Gasteiger partial charge < -0.3 is 19.3 Å². The van der Waals surface area contributed by atoms with E-state index in [1.165, 1.54) is 4.90 Å². The minimum atomic E-state index is -0.997. The van der Waals surface area contributed by atoms with E-state index in [9.17, 15) is 9.59 Å². The van der Waals surface area contributed by atoms with Crippen LogP contribution in [0, 0.1) is 0 Å². The topological polar surface area (TPSA) is 71.8 Å². The summed E-state index contributed by atoms with van der Waals surface area (Å²) in [6.07, 6.45) is 3.18. The maximum Gasteiger partial charge on any atom is 0.323 e. The first kappa shape index (κ1) is 16.0. The molecule has 0 radical (unpaired) electrons. The van der Waals surface area contributed by atoms with Crippen molar-refractivity contribution in [3.05, 3.63) is 22.4 Å². The molecular formula is C14H19BrN2O4. The lowest BCUT2D eigenvalue weighted by Gasteiger charge is -2.33. The summed E-state index contributed by atoms with van der Waals surface area (Å²) in [5.41, 5.74) is 0.511. The van der Waals surface area contributed by atoms with Crippen LogP contribution in [0.5, 0.6) is 0 Å². The van der Waals surface area contributed by atoms with E-state index in [2.05, 4.69) is 15.9 Å². The van der Waals surface area contributed by atoms with Gasteiger partial charge >= 0.3 is 5.97 Å². The van der Waals surface area contributed by atoms with E-state index in [1.807, 2.05) is 17.7 Å². The number of aromatic nitrogens is 1. The summed E-state index contributed by atoms with van der Waals surface area (Å²) in [5.74, 6) is -1.24. The van der Waals surface area contributed by atoms with Crippen LogP contribution in [0.1, 0.15) is 30.3 Å². The zero-order valence-electron chi connectivity index (χ0n) is 11.9. The fourth-order valence-electron chi connectivity index (χ4n) is 2.57. The number of halogens is 1. The molecular weight excluding hydrogens is 340 g/mol. The van der Waals surface area contributed by atoms with E-state index in [0.29, 0.717) is 38.3 Å². The zero-order valence-corrected chi connectivity index (χ0v) is 13.5. The number of carbonyl (C=O) groups is 2. The highest BCUT2D eigenvalue weighted by molar-refractivity contribution is 9.10. The van der Waals surface area contributed by atoms with E-state index in [4.69, 9.17) is 9.84 Å². The van der Waals surface area contributed by atoms with E-state index < -0.39 is 5.97 Å². The molecule has 2 heterocycles. The summed E-state index contributed by atoms with van der Waals surface area (Å²) in [4.78, 5) is 25.3. The van der Waals surface area contributed by atoms with Crippen molar-refractivity contribution in [3.63, 3.8) is 0 Å².